The predicted octanol–water partition coefficient (Wildman–Crippen LogP) is 3.04. The fraction of sp³-hybridized carbons (Fsp3) is 0.429. The van der Waals surface area contributed by atoms with Crippen molar-refractivity contribution in [1.82, 2.24) is 0 Å². The fourth-order valence-corrected chi connectivity index (χ4v) is 2.71. The van der Waals surface area contributed by atoms with E-state index in [0.717, 1.165) is 9.13 Å². The van der Waals surface area contributed by atoms with Gasteiger partial charge in [-0.3, -0.25) is 4.90 Å². The van der Waals surface area contributed by atoms with E-state index in [-0.39, 0.29) is 0 Å². The summed E-state index contributed by atoms with van der Waals surface area (Å²) < 4.78 is 6.32. The summed E-state index contributed by atoms with van der Waals surface area (Å²) >= 11 is 2.16. The third kappa shape index (κ3) is 3.05. The van der Waals surface area contributed by atoms with Gasteiger partial charge in [0.15, 0.2) is 0 Å². The van der Waals surface area contributed by atoms with Gasteiger partial charge in [0.05, 0.1) is 5.69 Å². The molecule has 1 heterocycles. The van der Waals surface area contributed by atoms with E-state index < -0.39 is 23.7 Å². The molecule has 1 aliphatic rings. The smallest absolute Gasteiger partial charge is 0.415 e. The third-order valence-electron chi connectivity index (χ3n) is 2.90. The Morgan fingerprint density at radius 3 is 2.60 bits per heavy atom. The number of anilines is 1. The van der Waals surface area contributed by atoms with Gasteiger partial charge in [0.25, 0.3) is 0 Å². The van der Waals surface area contributed by atoms with E-state index in [1.807, 2.05) is 12.1 Å². The maximum Gasteiger partial charge on any atom is 0.415 e. The molecule has 0 saturated carbocycles. The number of carbonyl (C=O) groups is 2. The zero-order chi connectivity index (χ0) is 15.1. The van der Waals surface area contributed by atoms with Crippen molar-refractivity contribution in [3.8, 4) is 0 Å². The topological polar surface area (TPSA) is 66.8 Å². The lowest BCUT2D eigenvalue weighted by atomic mass is 10.1. The molecule has 1 aliphatic heterocycles. The molecule has 0 aromatic heterocycles. The highest BCUT2D eigenvalue weighted by molar-refractivity contribution is 14.1. The average Bonchev–Trinajstić information content (AvgIpc) is 2.64. The summed E-state index contributed by atoms with van der Waals surface area (Å²) in [6.45, 7) is 5.27. The quantitative estimate of drug-likeness (QED) is 0.750. The monoisotopic (exact) mass is 389 g/mol. The van der Waals surface area contributed by atoms with Crippen LogP contribution >= 0.6 is 22.6 Å². The van der Waals surface area contributed by atoms with Crippen LogP contribution in [0.25, 0.3) is 0 Å². The van der Waals surface area contributed by atoms with Crippen molar-refractivity contribution < 1.29 is 19.4 Å². The number of aliphatic carboxylic acids is 1. The molecule has 1 aromatic carbocycles. The number of fused-ring (bicyclic) bond motifs is 1. The average molecular weight is 389 g/mol. The largest absolute Gasteiger partial charge is 0.480 e. The number of benzene rings is 1. The Hall–Kier alpha value is -1.31. The maximum atomic E-state index is 12.3. The van der Waals surface area contributed by atoms with Crippen molar-refractivity contribution in [2.24, 2.45) is 0 Å². The van der Waals surface area contributed by atoms with Crippen molar-refractivity contribution >= 4 is 40.3 Å². The molecule has 1 aromatic rings. The molecule has 0 bridgehead atoms. The van der Waals surface area contributed by atoms with Crippen LogP contribution in [0, 0.1) is 3.57 Å². The molecule has 0 saturated heterocycles. The van der Waals surface area contributed by atoms with Gasteiger partial charge in [-0.05, 0) is 67.1 Å². The highest BCUT2D eigenvalue weighted by Crippen LogP contribution is 2.34. The van der Waals surface area contributed by atoms with Crippen LogP contribution in [0.5, 0.6) is 0 Å². The standard InChI is InChI=1S/C14H16INO4/c1-14(2,3)20-13(19)16-10-5-4-9(15)6-8(10)7-11(16)12(17)18/h4-6,11H,7H2,1-3H3,(H,17,18)/t11-/m0/s1. The minimum atomic E-state index is -1.03. The summed E-state index contributed by atoms with van der Waals surface area (Å²) in [5, 5.41) is 9.32. The van der Waals surface area contributed by atoms with Crippen LogP contribution < -0.4 is 4.90 Å². The Balaban J connectivity index is 2.38. The lowest BCUT2D eigenvalue weighted by Crippen LogP contribution is -2.45. The van der Waals surface area contributed by atoms with Crippen LogP contribution in [0.3, 0.4) is 0 Å². The molecule has 0 radical (unpaired) electrons. The highest BCUT2D eigenvalue weighted by atomic mass is 127. The molecule has 2 rings (SSSR count). The molecule has 0 spiro atoms. The van der Waals surface area contributed by atoms with Gasteiger partial charge in [-0.2, -0.15) is 0 Å². The van der Waals surface area contributed by atoms with E-state index in [0.29, 0.717) is 12.1 Å². The molecule has 1 N–H and O–H groups in total. The molecular weight excluding hydrogens is 373 g/mol. The summed E-state index contributed by atoms with van der Waals surface area (Å²) in [6, 6.07) is 4.61. The zero-order valence-electron chi connectivity index (χ0n) is 11.5. The van der Waals surface area contributed by atoms with Gasteiger partial charge in [-0.15, -0.1) is 0 Å². The van der Waals surface area contributed by atoms with Gasteiger partial charge in [0, 0.05) is 9.99 Å². The van der Waals surface area contributed by atoms with E-state index in [2.05, 4.69) is 22.6 Å². The number of hydrogen-bond donors (Lipinski definition) is 1. The van der Waals surface area contributed by atoms with Crippen LogP contribution in [0.1, 0.15) is 26.3 Å². The van der Waals surface area contributed by atoms with Gasteiger partial charge in [0.1, 0.15) is 11.6 Å². The fourth-order valence-electron chi connectivity index (χ4n) is 2.15. The summed E-state index contributed by atoms with van der Waals surface area (Å²) in [5.41, 5.74) is 0.814. The van der Waals surface area contributed by atoms with E-state index in [4.69, 9.17) is 4.74 Å². The number of ether oxygens (including phenoxy) is 1. The number of hydrogen-bond acceptors (Lipinski definition) is 3. The van der Waals surface area contributed by atoms with Crippen LogP contribution in [0.4, 0.5) is 10.5 Å². The van der Waals surface area contributed by atoms with Crippen molar-refractivity contribution in [3.05, 3.63) is 27.3 Å². The van der Waals surface area contributed by atoms with Gasteiger partial charge < -0.3 is 9.84 Å². The number of nitrogens with zero attached hydrogens (tertiary/aromatic N) is 1. The first-order valence-corrected chi connectivity index (χ1v) is 7.30. The molecule has 108 valence electrons. The lowest BCUT2D eigenvalue weighted by molar-refractivity contribution is -0.138. The number of carboxylic acids is 1. The number of carboxylic acid groups (broad SMARTS) is 1. The van der Waals surface area contributed by atoms with Crippen LogP contribution in [-0.4, -0.2) is 28.8 Å². The van der Waals surface area contributed by atoms with Gasteiger partial charge in [-0.25, -0.2) is 9.59 Å². The maximum absolute atomic E-state index is 12.3. The lowest BCUT2D eigenvalue weighted by Gasteiger charge is -2.27. The van der Waals surface area contributed by atoms with Gasteiger partial charge >= 0.3 is 12.1 Å². The molecule has 1 amide bonds. The number of halogens is 1. The van der Waals surface area contributed by atoms with Gasteiger partial charge in [-0.1, -0.05) is 0 Å². The van der Waals surface area contributed by atoms with Crippen molar-refractivity contribution in [2.75, 3.05) is 4.90 Å². The predicted molar refractivity (Wildman–Crippen MR) is 83.0 cm³/mol. The molecule has 0 fully saturated rings. The summed E-state index contributed by atoms with van der Waals surface area (Å²) in [7, 11) is 0. The summed E-state index contributed by atoms with van der Waals surface area (Å²) in [6.07, 6.45) is -0.314. The number of rotatable bonds is 1. The van der Waals surface area contributed by atoms with E-state index in [1.54, 1.807) is 26.8 Å². The van der Waals surface area contributed by atoms with Crippen LogP contribution in [0.15, 0.2) is 18.2 Å². The van der Waals surface area contributed by atoms with Gasteiger partial charge in [0.2, 0.25) is 0 Å². The van der Waals surface area contributed by atoms with Crippen LogP contribution in [0.2, 0.25) is 0 Å². The van der Waals surface area contributed by atoms with Crippen molar-refractivity contribution in [1.29, 1.82) is 0 Å². The molecule has 6 heteroatoms. The Kier molecular flexibility index (Phi) is 3.95. The minimum absolute atomic E-state index is 0.306. The van der Waals surface area contributed by atoms with E-state index in [1.165, 1.54) is 4.90 Å². The Labute approximate surface area is 131 Å². The molecular formula is C14H16INO4. The first kappa shape index (κ1) is 15.1. The Morgan fingerprint density at radius 2 is 2.05 bits per heavy atom. The first-order valence-electron chi connectivity index (χ1n) is 6.22. The van der Waals surface area contributed by atoms with Crippen molar-refractivity contribution in [2.45, 2.75) is 38.8 Å². The molecule has 0 aliphatic carbocycles. The second-order valence-electron chi connectivity index (χ2n) is 5.68. The first-order chi connectivity index (χ1) is 9.19. The van der Waals surface area contributed by atoms with Crippen molar-refractivity contribution in [3.63, 3.8) is 0 Å². The van der Waals surface area contributed by atoms with Crippen LogP contribution in [-0.2, 0) is 16.0 Å². The SMILES string of the molecule is CC(C)(C)OC(=O)N1c2ccc(I)cc2C[C@H]1C(=O)O. The van der Waals surface area contributed by atoms with E-state index >= 15 is 0 Å². The summed E-state index contributed by atoms with van der Waals surface area (Å²) in [5.74, 6) is -1.03. The highest BCUT2D eigenvalue weighted by Gasteiger charge is 2.40. The minimum Gasteiger partial charge on any atom is -0.480 e. The Bertz CT molecular complexity index is 565. The second-order valence-corrected chi connectivity index (χ2v) is 6.93. The number of carbonyl (C=O) groups excluding carboxylic acids is 1. The van der Waals surface area contributed by atoms with E-state index in [9.17, 15) is 14.7 Å². The molecule has 1 atom stereocenters. The Morgan fingerprint density at radius 1 is 1.40 bits per heavy atom. The normalized spacial score (nSPS) is 17.8. The molecule has 5 nitrogen and oxygen atoms in total. The zero-order valence-corrected chi connectivity index (χ0v) is 13.7. The second kappa shape index (κ2) is 5.23. The molecule has 20 heavy (non-hydrogen) atoms. The molecule has 0 unspecified atom stereocenters. The third-order valence-corrected chi connectivity index (χ3v) is 3.57. The number of amides is 1. The summed E-state index contributed by atoms with van der Waals surface area (Å²) in [4.78, 5) is 24.9.